The summed E-state index contributed by atoms with van der Waals surface area (Å²) in [7, 11) is 0. The Morgan fingerprint density at radius 1 is 1.46 bits per heavy atom. The van der Waals surface area contributed by atoms with E-state index in [1.807, 2.05) is 19.9 Å². The van der Waals surface area contributed by atoms with Gasteiger partial charge in [0.25, 0.3) is 5.91 Å². The lowest BCUT2D eigenvalue weighted by molar-refractivity contribution is -0.110. The summed E-state index contributed by atoms with van der Waals surface area (Å²) in [5.41, 5.74) is 2.63. The van der Waals surface area contributed by atoms with Gasteiger partial charge in [-0.15, -0.1) is 11.3 Å². The number of hydrogen-bond donors (Lipinski definition) is 1. The normalized spacial score (nSPS) is 22.5. The van der Waals surface area contributed by atoms with E-state index in [0.717, 1.165) is 42.5 Å². The number of oxime groups is 1. The van der Waals surface area contributed by atoms with E-state index in [0.29, 0.717) is 17.8 Å². The van der Waals surface area contributed by atoms with Crippen molar-refractivity contribution in [3.63, 3.8) is 0 Å². The van der Waals surface area contributed by atoms with Crippen molar-refractivity contribution in [3.05, 3.63) is 40.1 Å². The molecule has 4 heterocycles. The number of rotatable bonds is 4. The van der Waals surface area contributed by atoms with E-state index >= 15 is 0 Å². The maximum absolute atomic E-state index is 12.5. The number of nitrogens with one attached hydrogen (secondary N) is 1. The fourth-order valence-corrected chi connectivity index (χ4v) is 4.05. The topological polar surface area (TPSA) is 79.7 Å². The number of carbonyl (C=O) groups is 1. The van der Waals surface area contributed by atoms with Crippen molar-refractivity contribution in [2.45, 2.75) is 38.8 Å². The molecule has 1 saturated heterocycles. The minimum absolute atomic E-state index is 0.216. The minimum Gasteiger partial charge on any atom is -0.387 e. The van der Waals surface area contributed by atoms with Gasteiger partial charge in [-0.3, -0.25) is 14.7 Å². The predicted octanol–water partition coefficient (Wildman–Crippen LogP) is 2.51. The molecule has 1 N–H and O–H groups in total. The zero-order valence-corrected chi connectivity index (χ0v) is 15.7. The Kier molecular flexibility index (Phi) is 4.46. The number of pyridine rings is 1. The molecule has 0 unspecified atom stereocenters. The van der Waals surface area contributed by atoms with Gasteiger partial charge in [0.1, 0.15) is 5.71 Å². The molecule has 2 aliphatic rings. The second-order valence-electron chi connectivity index (χ2n) is 6.90. The van der Waals surface area contributed by atoms with Crippen LogP contribution >= 0.6 is 11.3 Å². The lowest BCUT2D eigenvalue weighted by atomic mass is 9.96. The summed E-state index contributed by atoms with van der Waals surface area (Å²) in [6.45, 7) is 6.37. The largest absolute Gasteiger partial charge is 0.387 e. The third kappa shape index (κ3) is 3.47. The molecule has 0 saturated carbocycles. The number of aromatic nitrogens is 2. The molecule has 0 radical (unpaired) electrons. The van der Waals surface area contributed by atoms with E-state index in [1.165, 1.54) is 0 Å². The van der Waals surface area contributed by atoms with Gasteiger partial charge in [-0.2, -0.15) is 0 Å². The van der Waals surface area contributed by atoms with Crippen LogP contribution in [0.25, 0.3) is 0 Å². The van der Waals surface area contributed by atoms with Gasteiger partial charge in [0.15, 0.2) is 5.60 Å². The molecule has 136 valence electrons. The van der Waals surface area contributed by atoms with E-state index in [4.69, 9.17) is 4.84 Å². The first-order valence-electron chi connectivity index (χ1n) is 8.64. The molecule has 7 nitrogen and oxygen atoms in total. The van der Waals surface area contributed by atoms with Crippen LogP contribution in [0.15, 0.2) is 28.9 Å². The summed E-state index contributed by atoms with van der Waals surface area (Å²) in [5.74, 6) is -0.216. The highest BCUT2D eigenvalue weighted by Crippen LogP contribution is 2.34. The van der Waals surface area contributed by atoms with Crippen LogP contribution in [0.4, 0.5) is 5.69 Å². The van der Waals surface area contributed by atoms with Crippen molar-refractivity contribution in [1.29, 1.82) is 0 Å². The zero-order valence-electron chi connectivity index (χ0n) is 14.9. The third-order valence-corrected chi connectivity index (χ3v) is 5.63. The molecule has 2 aliphatic heterocycles. The first kappa shape index (κ1) is 17.1. The van der Waals surface area contributed by atoms with Gasteiger partial charge in [-0.1, -0.05) is 5.16 Å². The van der Waals surface area contributed by atoms with Crippen LogP contribution in [0, 0.1) is 13.8 Å². The van der Waals surface area contributed by atoms with Crippen molar-refractivity contribution >= 4 is 28.6 Å². The van der Waals surface area contributed by atoms with Gasteiger partial charge in [0, 0.05) is 44.1 Å². The van der Waals surface area contributed by atoms with Crippen molar-refractivity contribution in [2.75, 3.05) is 18.4 Å². The molecule has 4 rings (SSSR count). The number of anilines is 1. The first-order chi connectivity index (χ1) is 12.5. The predicted molar refractivity (Wildman–Crippen MR) is 100 cm³/mol. The first-order valence-corrected chi connectivity index (χ1v) is 9.52. The molecular formula is C18H21N5O2S. The second kappa shape index (κ2) is 6.77. The van der Waals surface area contributed by atoms with Gasteiger partial charge < -0.3 is 10.2 Å². The average molecular weight is 371 g/mol. The van der Waals surface area contributed by atoms with Gasteiger partial charge in [0.05, 0.1) is 22.1 Å². The lowest BCUT2D eigenvalue weighted by Crippen LogP contribution is -2.35. The SMILES string of the molecule is Cc1nc(CN2CC[C@]3(CC(C(=O)Nc4cccnc4C)=NO3)C2)cs1. The smallest absolute Gasteiger partial charge is 0.273 e. The monoisotopic (exact) mass is 371 g/mol. The van der Waals surface area contributed by atoms with Crippen molar-refractivity contribution < 1.29 is 9.63 Å². The quantitative estimate of drug-likeness (QED) is 0.893. The molecule has 26 heavy (non-hydrogen) atoms. The number of likely N-dealkylation sites (tertiary alicyclic amines) is 1. The Labute approximate surface area is 156 Å². The number of nitrogens with zero attached hydrogens (tertiary/aromatic N) is 4. The molecule has 1 spiro atoms. The Balaban J connectivity index is 1.35. The summed E-state index contributed by atoms with van der Waals surface area (Å²) >= 11 is 1.67. The van der Waals surface area contributed by atoms with Crippen LogP contribution in [0.1, 0.15) is 29.2 Å². The molecule has 1 amide bonds. The highest BCUT2D eigenvalue weighted by molar-refractivity contribution is 7.09. The van der Waals surface area contributed by atoms with Gasteiger partial charge in [0.2, 0.25) is 0 Å². The highest BCUT2D eigenvalue weighted by Gasteiger charge is 2.46. The summed E-state index contributed by atoms with van der Waals surface area (Å²) in [6, 6.07) is 3.63. The number of thiazole rings is 1. The Bertz CT molecular complexity index is 865. The molecule has 2 aromatic heterocycles. The van der Waals surface area contributed by atoms with Crippen LogP contribution in [0.5, 0.6) is 0 Å². The third-order valence-electron chi connectivity index (χ3n) is 4.80. The van der Waals surface area contributed by atoms with Crippen LogP contribution in [-0.2, 0) is 16.2 Å². The van der Waals surface area contributed by atoms with Gasteiger partial charge >= 0.3 is 0 Å². The van der Waals surface area contributed by atoms with Crippen molar-refractivity contribution in [1.82, 2.24) is 14.9 Å². The molecule has 8 heteroatoms. The summed E-state index contributed by atoms with van der Waals surface area (Å²) < 4.78 is 0. The van der Waals surface area contributed by atoms with E-state index in [1.54, 1.807) is 23.6 Å². The molecule has 2 aromatic rings. The molecule has 1 fully saturated rings. The van der Waals surface area contributed by atoms with Crippen LogP contribution < -0.4 is 5.32 Å². The molecule has 0 bridgehead atoms. The summed E-state index contributed by atoms with van der Waals surface area (Å²) in [5, 5.41) is 10.1. The Morgan fingerprint density at radius 2 is 2.35 bits per heavy atom. The zero-order chi connectivity index (χ0) is 18.1. The maximum atomic E-state index is 12.5. The standard InChI is InChI=1S/C18H21N5O2S/c1-12-15(4-3-6-19-12)21-17(24)16-8-18(25-22-16)5-7-23(11-18)9-14-10-26-13(2)20-14/h3-4,6,10H,5,7-9,11H2,1-2H3,(H,21,24)/t18-/m0/s1. The maximum Gasteiger partial charge on any atom is 0.273 e. The Morgan fingerprint density at radius 3 is 3.12 bits per heavy atom. The molecule has 0 aromatic carbocycles. The van der Waals surface area contributed by atoms with Gasteiger partial charge in [-0.25, -0.2) is 4.98 Å². The highest BCUT2D eigenvalue weighted by atomic mass is 32.1. The summed E-state index contributed by atoms with van der Waals surface area (Å²) in [4.78, 5) is 29.3. The molecule has 1 atom stereocenters. The minimum atomic E-state index is -0.387. The number of amides is 1. The van der Waals surface area contributed by atoms with Gasteiger partial charge in [-0.05, 0) is 26.0 Å². The van der Waals surface area contributed by atoms with E-state index < -0.39 is 0 Å². The van der Waals surface area contributed by atoms with Crippen molar-refractivity contribution in [2.24, 2.45) is 5.16 Å². The second-order valence-corrected chi connectivity index (χ2v) is 7.96. The van der Waals surface area contributed by atoms with Crippen LogP contribution in [0.2, 0.25) is 0 Å². The number of carbonyl (C=O) groups excluding carboxylic acids is 1. The molecular weight excluding hydrogens is 350 g/mol. The van der Waals surface area contributed by atoms with Crippen molar-refractivity contribution in [3.8, 4) is 0 Å². The fraction of sp³-hybridized carbons (Fsp3) is 0.444. The van der Waals surface area contributed by atoms with Crippen LogP contribution in [0.3, 0.4) is 0 Å². The number of hydrogen-bond acceptors (Lipinski definition) is 7. The Hall–Kier alpha value is -2.32. The van der Waals surface area contributed by atoms with Crippen LogP contribution in [-0.4, -0.2) is 45.2 Å². The van der Waals surface area contributed by atoms with E-state index in [-0.39, 0.29) is 11.5 Å². The van der Waals surface area contributed by atoms with E-state index in [2.05, 4.69) is 30.7 Å². The average Bonchev–Trinajstić information content (AvgIpc) is 3.32. The lowest BCUT2D eigenvalue weighted by Gasteiger charge is -2.21. The fourth-order valence-electron chi connectivity index (χ4n) is 3.45. The molecule has 0 aliphatic carbocycles. The van der Waals surface area contributed by atoms with E-state index in [9.17, 15) is 4.79 Å². The summed E-state index contributed by atoms with van der Waals surface area (Å²) in [6.07, 6.45) is 3.10. The number of aryl methyl sites for hydroxylation is 2.